The number of amides is 2. The van der Waals surface area contributed by atoms with Crippen molar-refractivity contribution >= 4 is 22.7 Å². The number of ether oxygens (including phenoxy) is 1. The highest BCUT2D eigenvalue weighted by Crippen LogP contribution is 2.28. The van der Waals surface area contributed by atoms with Gasteiger partial charge in [-0.05, 0) is 74.0 Å². The van der Waals surface area contributed by atoms with Crippen LogP contribution in [0.5, 0.6) is 5.75 Å². The first-order valence-electron chi connectivity index (χ1n) is 13.7. The lowest BCUT2D eigenvalue weighted by atomic mass is 9.99. The maximum absolute atomic E-state index is 13.5. The Labute approximate surface area is 235 Å². The number of H-pyrrole nitrogens is 1. The van der Waals surface area contributed by atoms with Crippen LogP contribution in [0.25, 0.3) is 22.0 Å². The molecule has 0 fully saturated rings. The number of benzene rings is 3. The molecule has 1 aromatic heterocycles. The summed E-state index contributed by atoms with van der Waals surface area (Å²) < 4.78 is 5.91. The van der Waals surface area contributed by atoms with Crippen molar-refractivity contribution in [3.63, 3.8) is 0 Å². The standard InChI is InChI=1S/C32H38N4O4/c1-4-16-40-30-13-12-23(22-8-7-9-24(17-22)31(38)33-14-15-36(2)3)19-28(30)32(39)35-26(21-37)18-25-20-34-29-11-6-5-10-27(25)29/h5-13,17,19-20,26,34,37H,4,14-16,18,21H2,1-3H3,(H,33,38)(H,35,39)/t26-/m0/s1. The Morgan fingerprint density at radius 1 is 1.00 bits per heavy atom. The molecule has 8 heteroatoms. The summed E-state index contributed by atoms with van der Waals surface area (Å²) in [6.45, 7) is 3.57. The van der Waals surface area contributed by atoms with E-state index in [0.29, 0.717) is 36.4 Å². The van der Waals surface area contributed by atoms with Crippen LogP contribution in [0.2, 0.25) is 0 Å². The maximum atomic E-state index is 13.5. The molecule has 0 aliphatic carbocycles. The average Bonchev–Trinajstić information content (AvgIpc) is 3.38. The second-order valence-corrected chi connectivity index (χ2v) is 10.1. The second-order valence-electron chi connectivity index (χ2n) is 10.1. The van der Waals surface area contributed by atoms with Gasteiger partial charge in [-0.2, -0.15) is 0 Å². The van der Waals surface area contributed by atoms with Crippen molar-refractivity contribution in [3.8, 4) is 16.9 Å². The molecule has 0 saturated carbocycles. The molecule has 3 aromatic carbocycles. The molecule has 0 aliphatic rings. The summed E-state index contributed by atoms with van der Waals surface area (Å²) >= 11 is 0. The number of para-hydroxylation sites is 1. The Balaban J connectivity index is 1.56. The highest BCUT2D eigenvalue weighted by atomic mass is 16.5. The van der Waals surface area contributed by atoms with Gasteiger partial charge in [0.25, 0.3) is 11.8 Å². The zero-order chi connectivity index (χ0) is 28.5. The fourth-order valence-corrected chi connectivity index (χ4v) is 4.55. The Bertz CT molecular complexity index is 1450. The van der Waals surface area contributed by atoms with E-state index in [1.807, 2.05) is 80.6 Å². The Morgan fingerprint density at radius 2 is 1.80 bits per heavy atom. The van der Waals surface area contributed by atoms with Gasteiger partial charge in [0.1, 0.15) is 5.75 Å². The molecule has 4 N–H and O–H groups in total. The molecule has 40 heavy (non-hydrogen) atoms. The van der Waals surface area contributed by atoms with Crippen molar-refractivity contribution < 1.29 is 19.4 Å². The smallest absolute Gasteiger partial charge is 0.255 e. The number of carbonyl (C=O) groups excluding carboxylic acids is 2. The Hall–Kier alpha value is -4.14. The number of nitrogens with one attached hydrogen (secondary N) is 3. The lowest BCUT2D eigenvalue weighted by molar-refractivity contribution is 0.0911. The quantitative estimate of drug-likeness (QED) is 0.202. The summed E-state index contributed by atoms with van der Waals surface area (Å²) in [5.74, 6) is 0.00142. The summed E-state index contributed by atoms with van der Waals surface area (Å²) in [5.41, 5.74) is 4.56. The fourth-order valence-electron chi connectivity index (χ4n) is 4.55. The zero-order valence-corrected chi connectivity index (χ0v) is 23.4. The van der Waals surface area contributed by atoms with E-state index in [1.165, 1.54) is 0 Å². The number of aromatic nitrogens is 1. The molecule has 1 atom stereocenters. The number of nitrogens with zero attached hydrogens (tertiary/aromatic N) is 1. The van der Waals surface area contributed by atoms with E-state index in [4.69, 9.17) is 4.74 Å². The molecule has 0 radical (unpaired) electrons. The molecule has 1 heterocycles. The summed E-state index contributed by atoms with van der Waals surface area (Å²) in [5, 5.41) is 17.1. The summed E-state index contributed by atoms with van der Waals surface area (Å²) in [6, 6.07) is 20.3. The molecule has 0 saturated heterocycles. The van der Waals surface area contributed by atoms with E-state index < -0.39 is 6.04 Å². The van der Waals surface area contributed by atoms with Crippen molar-refractivity contribution in [2.45, 2.75) is 25.8 Å². The van der Waals surface area contributed by atoms with E-state index >= 15 is 0 Å². The van der Waals surface area contributed by atoms with Crippen LogP contribution in [-0.2, 0) is 6.42 Å². The minimum Gasteiger partial charge on any atom is -0.493 e. The first kappa shape index (κ1) is 28.9. The van der Waals surface area contributed by atoms with E-state index in [-0.39, 0.29) is 18.4 Å². The van der Waals surface area contributed by atoms with Gasteiger partial charge in [-0.25, -0.2) is 0 Å². The first-order valence-corrected chi connectivity index (χ1v) is 13.7. The lowest BCUT2D eigenvalue weighted by Crippen LogP contribution is -2.39. The lowest BCUT2D eigenvalue weighted by Gasteiger charge is -2.18. The van der Waals surface area contributed by atoms with Gasteiger partial charge in [0, 0.05) is 35.8 Å². The topological polar surface area (TPSA) is 107 Å². The van der Waals surface area contributed by atoms with Gasteiger partial charge in [0.2, 0.25) is 0 Å². The van der Waals surface area contributed by atoms with Crippen molar-refractivity contribution in [2.24, 2.45) is 0 Å². The van der Waals surface area contributed by atoms with Crippen molar-refractivity contribution in [1.29, 1.82) is 0 Å². The van der Waals surface area contributed by atoms with Crippen LogP contribution < -0.4 is 15.4 Å². The molecule has 0 unspecified atom stereocenters. The normalized spacial score (nSPS) is 11.9. The molecular formula is C32H38N4O4. The van der Waals surface area contributed by atoms with Crippen LogP contribution in [0.3, 0.4) is 0 Å². The van der Waals surface area contributed by atoms with E-state index in [0.717, 1.165) is 40.6 Å². The highest BCUT2D eigenvalue weighted by Gasteiger charge is 2.20. The number of fused-ring (bicyclic) bond motifs is 1. The van der Waals surface area contributed by atoms with Crippen LogP contribution in [-0.4, -0.2) is 73.2 Å². The van der Waals surface area contributed by atoms with Crippen LogP contribution in [0, 0.1) is 0 Å². The molecule has 4 rings (SSSR count). The van der Waals surface area contributed by atoms with Crippen molar-refractivity contribution in [1.82, 2.24) is 20.5 Å². The number of likely N-dealkylation sites (N-methyl/N-ethyl adjacent to an activating group) is 1. The molecule has 2 amide bonds. The predicted molar refractivity (Wildman–Crippen MR) is 159 cm³/mol. The number of hydrogen-bond acceptors (Lipinski definition) is 5. The fraction of sp³-hybridized carbons (Fsp3) is 0.312. The van der Waals surface area contributed by atoms with Gasteiger partial charge >= 0.3 is 0 Å². The van der Waals surface area contributed by atoms with Crippen LogP contribution in [0.1, 0.15) is 39.6 Å². The number of aromatic amines is 1. The largest absolute Gasteiger partial charge is 0.493 e. The Morgan fingerprint density at radius 3 is 2.58 bits per heavy atom. The third-order valence-corrected chi connectivity index (χ3v) is 6.69. The number of hydrogen-bond donors (Lipinski definition) is 4. The van der Waals surface area contributed by atoms with E-state index in [1.54, 1.807) is 18.2 Å². The zero-order valence-electron chi connectivity index (χ0n) is 23.4. The van der Waals surface area contributed by atoms with Gasteiger partial charge in [0.05, 0.1) is 24.8 Å². The van der Waals surface area contributed by atoms with Gasteiger partial charge in [-0.3, -0.25) is 9.59 Å². The highest BCUT2D eigenvalue weighted by molar-refractivity contribution is 5.99. The van der Waals surface area contributed by atoms with Crippen molar-refractivity contribution in [2.75, 3.05) is 40.4 Å². The number of aliphatic hydroxyl groups is 1. The molecule has 0 spiro atoms. The number of aliphatic hydroxyl groups excluding tert-OH is 1. The van der Waals surface area contributed by atoms with Gasteiger partial charge < -0.3 is 30.4 Å². The average molecular weight is 543 g/mol. The second kappa shape index (κ2) is 13.8. The molecule has 210 valence electrons. The summed E-state index contributed by atoms with van der Waals surface area (Å²) in [4.78, 5) is 31.5. The minimum atomic E-state index is -0.483. The van der Waals surface area contributed by atoms with Crippen LogP contribution >= 0.6 is 0 Å². The minimum absolute atomic E-state index is 0.146. The number of carbonyl (C=O) groups is 2. The molecule has 0 bridgehead atoms. The third kappa shape index (κ3) is 7.28. The van der Waals surface area contributed by atoms with Crippen molar-refractivity contribution in [3.05, 3.63) is 89.6 Å². The monoisotopic (exact) mass is 542 g/mol. The first-order chi connectivity index (χ1) is 19.4. The summed E-state index contributed by atoms with van der Waals surface area (Å²) in [7, 11) is 3.92. The molecule has 4 aromatic rings. The van der Waals surface area contributed by atoms with Crippen LogP contribution in [0.4, 0.5) is 0 Å². The SMILES string of the molecule is CCCOc1ccc(-c2cccc(C(=O)NCCN(C)C)c2)cc1C(=O)N[C@H](CO)Cc1c[nH]c2ccccc12. The number of rotatable bonds is 13. The summed E-state index contributed by atoms with van der Waals surface area (Å²) in [6.07, 6.45) is 3.19. The predicted octanol–water partition coefficient (Wildman–Crippen LogP) is 4.25. The Kier molecular flexibility index (Phi) is 9.94. The molecule has 8 nitrogen and oxygen atoms in total. The van der Waals surface area contributed by atoms with Crippen LogP contribution in [0.15, 0.2) is 72.9 Å². The maximum Gasteiger partial charge on any atom is 0.255 e. The third-order valence-electron chi connectivity index (χ3n) is 6.69. The van der Waals surface area contributed by atoms with Gasteiger partial charge in [-0.1, -0.05) is 43.3 Å². The van der Waals surface area contributed by atoms with Gasteiger partial charge in [-0.15, -0.1) is 0 Å². The molecular weight excluding hydrogens is 504 g/mol. The van der Waals surface area contributed by atoms with E-state index in [9.17, 15) is 14.7 Å². The van der Waals surface area contributed by atoms with E-state index in [2.05, 4.69) is 15.6 Å². The molecule has 0 aliphatic heterocycles. The van der Waals surface area contributed by atoms with Gasteiger partial charge in [0.15, 0.2) is 0 Å².